The first-order valence-corrected chi connectivity index (χ1v) is 7.26. The van der Waals surface area contributed by atoms with Gasteiger partial charge in [0.2, 0.25) is 0 Å². The number of hydrogen-bond acceptors (Lipinski definition) is 4. The number of anilines is 1. The molecule has 0 saturated carbocycles. The molecule has 4 nitrogen and oxygen atoms in total. The highest BCUT2D eigenvalue weighted by Gasteiger charge is 2.51. The summed E-state index contributed by atoms with van der Waals surface area (Å²) in [6.45, 7) is 8.24. The van der Waals surface area contributed by atoms with Crippen molar-refractivity contribution in [3.63, 3.8) is 0 Å². The van der Waals surface area contributed by atoms with Gasteiger partial charge in [-0.1, -0.05) is 12.1 Å². The van der Waals surface area contributed by atoms with Crippen LogP contribution in [0.15, 0.2) is 30.3 Å². The van der Waals surface area contributed by atoms with E-state index >= 15 is 0 Å². The monoisotopic (exact) mass is 284 g/mol. The lowest BCUT2D eigenvalue weighted by Crippen LogP contribution is -2.41. The Morgan fingerprint density at radius 2 is 1.62 bits per heavy atom. The van der Waals surface area contributed by atoms with Gasteiger partial charge in [0.1, 0.15) is 5.82 Å². The van der Waals surface area contributed by atoms with Gasteiger partial charge in [-0.2, -0.15) is 0 Å². The summed E-state index contributed by atoms with van der Waals surface area (Å²) in [6.07, 6.45) is 0. The number of hydrogen-bond donors (Lipinski definition) is 1. The molecule has 0 aliphatic carbocycles. The lowest BCUT2D eigenvalue weighted by Gasteiger charge is -2.32. The molecule has 0 atom stereocenters. The lowest BCUT2D eigenvalue weighted by atomic mass is 9.79. The Labute approximate surface area is 126 Å². The van der Waals surface area contributed by atoms with Crippen LogP contribution in [0.2, 0.25) is 0 Å². The Morgan fingerprint density at radius 3 is 2.24 bits per heavy atom. The van der Waals surface area contributed by atoms with E-state index in [4.69, 9.17) is 9.31 Å². The summed E-state index contributed by atoms with van der Waals surface area (Å²) in [5, 5.41) is 4.17. The van der Waals surface area contributed by atoms with Crippen LogP contribution in [0.1, 0.15) is 27.7 Å². The van der Waals surface area contributed by atoms with Crippen LogP contribution in [0, 0.1) is 0 Å². The summed E-state index contributed by atoms with van der Waals surface area (Å²) in [7, 11) is 1.52. The largest absolute Gasteiger partial charge is 0.494 e. The normalized spacial score (nSPS) is 20.0. The third kappa shape index (κ3) is 2.41. The smallest absolute Gasteiger partial charge is 0.399 e. The number of rotatable bonds is 2. The van der Waals surface area contributed by atoms with Gasteiger partial charge in [-0.05, 0) is 51.4 Å². The molecule has 0 amide bonds. The van der Waals surface area contributed by atoms with Crippen molar-refractivity contribution in [1.29, 1.82) is 0 Å². The molecule has 110 valence electrons. The summed E-state index contributed by atoms with van der Waals surface area (Å²) in [5.41, 5.74) is 1.29. The van der Waals surface area contributed by atoms with E-state index in [2.05, 4.69) is 50.1 Å². The second kappa shape index (κ2) is 4.72. The standard InChI is InChI=1S/C16H21BN2O2/c1-15(2)16(3,4)21-17(20-15)12-8-6-11-7-9-14(18-5)19-13(11)10-12/h6-10H,1-5H3,(H,18,19). The van der Waals surface area contributed by atoms with E-state index in [0.717, 1.165) is 22.2 Å². The number of nitrogens with one attached hydrogen (secondary N) is 1. The van der Waals surface area contributed by atoms with Crippen molar-refractivity contribution < 1.29 is 9.31 Å². The minimum Gasteiger partial charge on any atom is -0.399 e. The molecule has 2 aromatic rings. The van der Waals surface area contributed by atoms with Crippen LogP contribution in [0.5, 0.6) is 0 Å². The van der Waals surface area contributed by atoms with Crippen molar-refractivity contribution in [2.75, 3.05) is 12.4 Å². The minimum atomic E-state index is -0.348. The zero-order valence-electron chi connectivity index (χ0n) is 13.2. The Morgan fingerprint density at radius 1 is 1.00 bits per heavy atom. The van der Waals surface area contributed by atoms with E-state index in [-0.39, 0.29) is 18.3 Å². The van der Waals surface area contributed by atoms with Gasteiger partial charge in [0, 0.05) is 12.4 Å². The van der Waals surface area contributed by atoms with Gasteiger partial charge in [0.05, 0.1) is 16.7 Å². The van der Waals surface area contributed by atoms with Crippen molar-refractivity contribution >= 4 is 29.3 Å². The maximum absolute atomic E-state index is 6.09. The molecule has 1 aliphatic rings. The molecule has 0 bridgehead atoms. The van der Waals surface area contributed by atoms with Crippen molar-refractivity contribution in [2.45, 2.75) is 38.9 Å². The molecule has 1 aliphatic heterocycles. The Balaban J connectivity index is 1.98. The summed E-state index contributed by atoms with van der Waals surface area (Å²) in [6, 6.07) is 10.2. The second-order valence-corrected chi connectivity index (χ2v) is 6.49. The summed E-state index contributed by atoms with van der Waals surface area (Å²) in [5.74, 6) is 0.855. The van der Waals surface area contributed by atoms with E-state index in [0.29, 0.717) is 0 Å². The predicted molar refractivity (Wildman–Crippen MR) is 87.0 cm³/mol. The fraction of sp³-hybridized carbons (Fsp3) is 0.438. The van der Waals surface area contributed by atoms with E-state index in [1.165, 1.54) is 0 Å². The molecule has 2 heterocycles. The first kappa shape index (κ1) is 14.4. The zero-order valence-corrected chi connectivity index (χ0v) is 13.2. The highest BCUT2D eigenvalue weighted by atomic mass is 16.7. The SMILES string of the molecule is CNc1ccc2ccc(B3OC(C)(C)C(C)(C)O3)cc2n1. The van der Waals surface area contributed by atoms with Crippen LogP contribution < -0.4 is 10.8 Å². The zero-order chi connectivity index (χ0) is 15.3. The predicted octanol–water partition coefficient (Wildman–Crippen LogP) is 2.58. The second-order valence-electron chi connectivity index (χ2n) is 6.49. The van der Waals surface area contributed by atoms with Crippen molar-refractivity contribution in [1.82, 2.24) is 4.98 Å². The van der Waals surface area contributed by atoms with Crippen molar-refractivity contribution in [3.05, 3.63) is 30.3 Å². The lowest BCUT2D eigenvalue weighted by molar-refractivity contribution is 0.00578. The molecule has 0 spiro atoms. The topological polar surface area (TPSA) is 43.4 Å². The summed E-state index contributed by atoms with van der Waals surface area (Å²) in [4.78, 5) is 4.58. The summed E-state index contributed by atoms with van der Waals surface area (Å²) < 4.78 is 12.2. The number of benzene rings is 1. The van der Waals surface area contributed by atoms with Crippen molar-refractivity contribution in [2.24, 2.45) is 0 Å². The van der Waals surface area contributed by atoms with Gasteiger partial charge < -0.3 is 14.6 Å². The van der Waals surface area contributed by atoms with Gasteiger partial charge in [0.15, 0.2) is 0 Å². The number of nitrogens with zero attached hydrogens (tertiary/aromatic N) is 1. The van der Waals surface area contributed by atoms with Gasteiger partial charge in [-0.3, -0.25) is 0 Å². The van der Waals surface area contributed by atoms with Crippen LogP contribution in [-0.2, 0) is 9.31 Å². The molecule has 1 saturated heterocycles. The van der Waals surface area contributed by atoms with E-state index in [9.17, 15) is 0 Å². The maximum Gasteiger partial charge on any atom is 0.494 e. The van der Waals surface area contributed by atoms with Crippen LogP contribution in [0.4, 0.5) is 5.82 Å². The average molecular weight is 284 g/mol. The molecule has 1 aromatic carbocycles. The summed E-state index contributed by atoms with van der Waals surface area (Å²) >= 11 is 0. The number of fused-ring (bicyclic) bond motifs is 1. The third-order valence-corrected chi connectivity index (χ3v) is 4.50. The fourth-order valence-electron chi connectivity index (χ4n) is 2.40. The van der Waals surface area contributed by atoms with E-state index in [1.807, 2.05) is 25.2 Å². The highest BCUT2D eigenvalue weighted by Crippen LogP contribution is 2.36. The first-order valence-electron chi connectivity index (χ1n) is 7.26. The molecule has 0 radical (unpaired) electrons. The van der Waals surface area contributed by atoms with E-state index in [1.54, 1.807) is 0 Å². The maximum atomic E-state index is 6.09. The quantitative estimate of drug-likeness (QED) is 0.861. The molecule has 1 N–H and O–H groups in total. The third-order valence-electron chi connectivity index (χ3n) is 4.50. The molecule has 21 heavy (non-hydrogen) atoms. The molecule has 5 heteroatoms. The Bertz CT molecular complexity index is 669. The molecule has 1 aromatic heterocycles. The Kier molecular flexibility index (Phi) is 3.22. The van der Waals surface area contributed by atoms with Gasteiger partial charge in [-0.15, -0.1) is 0 Å². The molecular formula is C16H21BN2O2. The van der Waals surface area contributed by atoms with Crippen molar-refractivity contribution in [3.8, 4) is 0 Å². The molecule has 1 fully saturated rings. The minimum absolute atomic E-state index is 0.327. The van der Waals surface area contributed by atoms with Crippen LogP contribution in [-0.4, -0.2) is 30.4 Å². The fourth-order valence-corrected chi connectivity index (χ4v) is 2.40. The molecular weight excluding hydrogens is 263 g/mol. The first-order chi connectivity index (χ1) is 9.82. The molecule has 0 unspecified atom stereocenters. The number of aromatic nitrogens is 1. The van der Waals surface area contributed by atoms with E-state index < -0.39 is 0 Å². The van der Waals surface area contributed by atoms with Gasteiger partial charge in [-0.25, -0.2) is 4.98 Å². The highest BCUT2D eigenvalue weighted by molar-refractivity contribution is 6.62. The van der Waals surface area contributed by atoms with Crippen LogP contribution in [0.3, 0.4) is 0 Å². The Hall–Kier alpha value is -1.59. The van der Waals surface area contributed by atoms with Crippen LogP contribution >= 0.6 is 0 Å². The van der Waals surface area contributed by atoms with Crippen LogP contribution in [0.25, 0.3) is 10.9 Å². The molecule has 3 rings (SSSR count). The average Bonchev–Trinajstić information content (AvgIpc) is 2.66. The number of pyridine rings is 1. The van der Waals surface area contributed by atoms with Gasteiger partial charge >= 0.3 is 7.12 Å². The van der Waals surface area contributed by atoms with Gasteiger partial charge in [0.25, 0.3) is 0 Å².